The first-order valence-electron chi connectivity index (χ1n) is 5.95. The summed E-state index contributed by atoms with van der Waals surface area (Å²) < 4.78 is 24.5. The van der Waals surface area contributed by atoms with Crippen LogP contribution in [0.25, 0.3) is 11.4 Å². The summed E-state index contributed by atoms with van der Waals surface area (Å²) in [5.74, 6) is 0.544. The molecule has 0 aliphatic carbocycles. The fourth-order valence-corrected chi connectivity index (χ4v) is 2.47. The Bertz CT molecular complexity index is 713. The predicted octanol–water partition coefficient (Wildman–Crippen LogP) is 1.01. The van der Waals surface area contributed by atoms with Gasteiger partial charge in [-0.15, -0.1) is 5.10 Å². The maximum atomic E-state index is 11.5. The van der Waals surface area contributed by atoms with E-state index in [0.29, 0.717) is 22.1 Å². The molecule has 0 spiro atoms. The van der Waals surface area contributed by atoms with Crippen molar-refractivity contribution in [3.05, 3.63) is 23.2 Å². The van der Waals surface area contributed by atoms with Crippen LogP contribution in [0.4, 0.5) is 5.69 Å². The molecule has 0 amide bonds. The van der Waals surface area contributed by atoms with Gasteiger partial charge in [0.25, 0.3) is 0 Å². The van der Waals surface area contributed by atoms with Crippen LogP contribution in [0.1, 0.15) is 6.92 Å². The monoisotopic (exact) mass is 315 g/mol. The lowest BCUT2D eigenvalue weighted by atomic mass is 10.2. The van der Waals surface area contributed by atoms with Gasteiger partial charge < -0.3 is 5.73 Å². The Morgan fingerprint density at radius 1 is 1.40 bits per heavy atom. The maximum absolute atomic E-state index is 11.5. The Balaban J connectivity index is 2.26. The van der Waals surface area contributed by atoms with Gasteiger partial charge in [-0.2, -0.15) is 0 Å². The van der Waals surface area contributed by atoms with Crippen molar-refractivity contribution in [2.45, 2.75) is 13.5 Å². The highest BCUT2D eigenvalue weighted by molar-refractivity contribution is 7.91. The molecule has 2 N–H and O–H groups in total. The molecular weight excluding hydrogens is 302 g/mol. The second kappa shape index (κ2) is 5.76. The first-order chi connectivity index (χ1) is 9.43. The van der Waals surface area contributed by atoms with Crippen molar-refractivity contribution < 1.29 is 8.42 Å². The number of sulfone groups is 1. The van der Waals surface area contributed by atoms with Gasteiger partial charge in [-0.05, 0) is 28.6 Å². The second-order valence-electron chi connectivity index (χ2n) is 4.20. The van der Waals surface area contributed by atoms with E-state index in [1.807, 2.05) is 0 Å². The zero-order chi connectivity index (χ0) is 14.8. The van der Waals surface area contributed by atoms with E-state index in [4.69, 9.17) is 17.3 Å². The van der Waals surface area contributed by atoms with E-state index in [1.54, 1.807) is 25.1 Å². The third-order valence-electron chi connectivity index (χ3n) is 2.84. The molecule has 9 heteroatoms. The lowest BCUT2D eigenvalue weighted by Crippen LogP contribution is -2.16. The number of benzene rings is 1. The standard InChI is InChI=1S/C11H14ClN5O2S/c1-2-20(18,19)6-5-17-11(14-15-16-17)8-3-4-9(12)10(13)7-8/h3-4,7H,2,5-6,13H2,1H3. The molecule has 20 heavy (non-hydrogen) atoms. The fraction of sp³-hybridized carbons (Fsp3) is 0.364. The number of nitrogens with two attached hydrogens (primary N) is 1. The minimum Gasteiger partial charge on any atom is -0.398 e. The van der Waals surface area contributed by atoms with Crippen LogP contribution < -0.4 is 5.73 Å². The SMILES string of the molecule is CCS(=O)(=O)CCn1nnnc1-c1ccc(Cl)c(N)c1. The molecule has 108 valence electrons. The van der Waals surface area contributed by atoms with Gasteiger partial charge in [0.05, 0.1) is 23.0 Å². The molecule has 2 aromatic rings. The summed E-state index contributed by atoms with van der Waals surface area (Å²) in [6.07, 6.45) is 0. The Morgan fingerprint density at radius 2 is 2.15 bits per heavy atom. The normalized spacial score (nSPS) is 11.7. The molecule has 0 aliphatic rings. The number of rotatable bonds is 5. The molecule has 1 aromatic carbocycles. The second-order valence-corrected chi connectivity index (χ2v) is 7.08. The summed E-state index contributed by atoms with van der Waals surface area (Å²) in [7, 11) is -3.07. The van der Waals surface area contributed by atoms with Gasteiger partial charge in [0, 0.05) is 11.3 Å². The topological polar surface area (TPSA) is 104 Å². The summed E-state index contributed by atoms with van der Waals surface area (Å²) in [6.45, 7) is 1.80. The Morgan fingerprint density at radius 3 is 2.80 bits per heavy atom. The minimum atomic E-state index is -3.07. The van der Waals surface area contributed by atoms with Crippen LogP contribution in [0.15, 0.2) is 18.2 Å². The van der Waals surface area contributed by atoms with E-state index in [2.05, 4.69) is 15.5 Å². The highest BCUT2D eigenvalue weighted by atomic mass is 35.5. The number of aromatic nitrogens is 4. The molecule has 0 unspecified atom stereocenters. The number of hydrogen-bond donors (Lipinski definition) is 1. The molecule has 0 saturated carbocycles. The van der Waals surface area contributed by atoms with Crippen LogP contribution in [-0.4, -0.2) is 40.1 Å². The predicted molar refractivity (Wildman–Crippen MR) is 77.0 cm³/mol. The molecular formula is C11H14ClN5O2S. The number of tetrazole rings is 1. The summed E-state index contributed by atoms with van der Waals surface area (Å²) in [5, 5.41) is 11.7. The number of hydrogen-bond acceptors (Lipinski definition) is 6. The largest absolute Gasteiger partial charge is 0.398 e. The number of anilines is 1. The van der Waals surface area contributed by atoms with Gasteiger partial charge >= 0.3 is 0 Å². The smallest absolute Gasteiger partial charge is 0.182 e. The molecule has 1 heterocycles. The van der Waals surface area contributed by atoms with Crippen LogP contribution in [0.3, 0.4) is 0 Å². The van der Waals surface area contributed by atoms with Crippen molar-refractivity contribution in [2.24, 2.45) is 0 Å². The quantitative estimate of drug-likeness (QED) is 0.826. The van der Waals surface area contributed by atoms with Crippen molar-refractivity contribution in [1.29, 1.82) is 0 Å². The molecule has 0 saturated heterocycles. The van der Waals surface area contributed by atoms with Crippen molar-refractivity contribution in [3.8, 4) is 11.4 Å². The van der Waals surface area contributed by atoms with Crippen LogP contribution in [0.2, 0.25) is 5.02 Å². The average Bonchev–Trinajstić information content (AvgIpc) is 2.88. The number of nitrogens with zero attached hydrogens (tertiary/aromatic N) is 4. The van der Waals surface area contributed by atoms with E-state index in [9.17, 15) is 8.42 Å². The molecule has 0 bridgehead atoms. The lowest BCUT2D eigenvalue weighted by Gasteiger charge is -2.06. The highest BCUT2D eigenvalue weighted by Gasteiger charge is 2.13. The number of nitrogen functional groups attached to an aromatic ring is 1. The molecule has 7 nitrogen and oxygen atoms in total. The van der Waals surface area contributed by atoms with Crippen LogP contribution in [-0.2, 0) is 16.4 Å². The zero-order valence-corrected chi connectivity index (χ0v) is 12.4. The third-order valence-corrected chi connectivity index (χ3v) is 4.87. The van der Waals surface area contributed by atoms with Gasteiger partial charge in [0.15, 0.2) is 15.7 Å². The molecule has 1 aromatic heterocycles. The van der Waals surface area contributed by atoms with Crippen molar-refractivity contribution in [3.63, 3.8) is 0 Å². The van der Waals surface area contributed by atoms with E-state index < -0.39 is 9.84 Å². The zero-order valence-electron chi connectivity index (χ0n) is 10.8. The van der Waals surface area contributed by atoms with E-state index in [0.717, 1.165) is 0 Å². The molecule has 0 fully saturated rings. The molecule has 0 aliphatic heterocycles. The summed E-state index contributed by atoms with van der Waals surface area (Å²) in [4.78, 5) is 0. The Labute approximate surface area is 121 Å². The first kappa shape index (κ1) is 14.7. The van der Waals surface area contributed by atoms with Crippen molar-refractivity contribution >= 4 is 27.1 Å². The number of halogens is 1. The molecule has 0 radical (unpaired) electrons. The Kier molecular flexibility index (Phi) is 4.24. The van der Waals surface area contributed by atoms with Gasteiger partial charge in [-0.3, -0.25) is 0 Å². The summed E-state index contributed by atoms with van der Waals surface area (Å²) in [5.41, 5.74) is 6.84. The molecule has 2 rings (SSSR count). The maximum Gasteiger partial charge on any atom is 0.182 e. The van der Waals surface area contributed by atoms with Gasteiger partial charge in [-0.1, -0.05) is 18.5 Å². The summed E-state index contributed by atoms with van der Waals surface area (Å²) in [6, 6.07) is 5.03. The van der Waals surface area contributed by atoms with Crippen molar-refractivity contribution in [2.75, 3.05) is 17.2 Å². The van der Waals surface area contributed by atoms with Gasteiger partial charge in [0.2, 0.25) is 0 Å². The van der Waals surface area contributed by atoms with Gasteiger partial charge in [0.1, 0.15) is 0 Å². The Hall–Kier alpha value is -1.67. The van der Waals surface area contributed by atoms with E-state index in [-0.39, 0.29) is 18.1 Å². The van der Waals surface area contributed by atoms with Crippen LogP contribution in [0.5, 0.6) is 0 Å². The van der Waals surface area contributed by atoms with Gasteiger partial charge in [-0.25, -0.2) is 13.1 Å². The third kappa shape index (κ3) is 3.26. The summed E-state index contributed by atoms with van der Waals surface area (Å²) >= 11 is 5.86. The lowest BCUT2D eigenvalue weighted by molar-refractivity contribution is 0.577. The highest BCUT2D eigenvalue weighted by Crippen LogP contribution is 2.25. The fourth-order valence-electron chi connectivity index (χ4n) is 1.61. The average molecular weight is 316 g/mol. The minimum absolute atomic E-state index is 0.00931. The molecule has 0 atom stereocenters. The van der Waals surface area contributed by atoms with E-state index in [1.165, 1.54) is 4.68 Å². The first-order valence-corrected chi connectivity index (χ1v) is 8.15. The van der Waals surface area contributed by atoms with Crippen molar-refractivity contribution in [1.82, 2.24) is 20.2 Å². The van der Waals surface area contributed by atoms with Crippen LogP contribution in [0, 0.1) is 0 Å². The van der Waals surface area contributed by atoms with E-state index >= 15 is 0 Å². The van der Waals surface area contributed by atoms with Crippen LogP contribution >= 0.6 is 11.6 Å². The number of aryl methyl sites for hydroxylation is 1.